The smallest absolute Gasteiger partial charge is 0.411 e. The summed E-state index contributed by atoms with van der Waals surface area (Å²) in [4.78, 5) is 0. The van der Waals surface area contributed by atoms with Gasteiger partial charge in [0.15, 0.2) is 0 Å². The van der Waals surface area contributed by atoms with Crippen LogP contribution in [-0.2, 0) is 4.74 Å². The summed E-state index contributed by atoms with van der Waals surface area (Å²) in [6.45, 7) is -1.02. The van der Waals surface area contributed by atoms with Crippen LogP contribution in [0.2, 0.25) is 0 Å². The monoisotopic (exact) mass is 263 g/mol. The number of hydrogen-bond acceptors (Lipinski definition) is 3. The number of ether oxygens (including phenoxy) is 2. The van der Waals surface area contributed by atoms with Gasteiger partial charge in [0.2, 0.25) is 0 Å². The fourth-order valence-electron chi connectivity index (χ4n) is 1.23. The Bertz CT molecular complexity index is 330. The summed E-state index contributed by atoms with van der Waals surface area (Å²) in [6.07, 6.45) is -3.96. The van der Waals surface area contributed by atoms with Crippen molar-refractivity contribution in [1.82, 2.24) is 0 Å². The Hall–Kier alpha value is -1.27. The second-order valence-electron chi connectivity index (χ2n) is 3.84. The highest BCUT2D eigenvalue weighted by Crippen LogP contribution is 2.14. The average molecular weight is 263 g/mol. The van der Waals surface area contributed by atoms with Gasteiger partial charge in [-0.15, -0.1) is 0 Å². The minimum atomic E-state index is -4.29. The zero-order chi connectivity index (χ0) is 13.4. The Kier molecular flexibility index (Phi) is 5.94. The lowest BCUT2D eigenvalue weighted by molar-refractivity contribution is -0.174. The highest BCUT2D eigenvalue weighted by atomic mass is 19.4. The lowest BCUT2D eigenvalue weighted by Crippen LogP contribution is -2.30. The van der Waals surface area contributed by atoms with Crippen LogP contribution in [0.1, 0.15) is 6.42 Å². The van der Waals surface area contributed by atoms with E-state index in [-0.39, 0.29) is 19.3 Å². The van der Waals surface area contributed by atoms with Gasteiger partial charge >= 0.3 is 6.18 Å². The first-order valence-electron chi connectivity index (χ1n) is 5.55. The third-order valence-electron chi connectivity index (χ3n) is 2.11. The zero-order valence-corrected chi connectivity index (χ0v) is 9.82. The molecule has 0 aliphatic rings. The number of nitrogens with two attached hydrogens (primary N) is 1. The Balaban J connectivity index is 2.09. The molecule has 0 aromatic heterocycles. The molecular formula is C12H16F3NO2. The molecule has 1 aromatic carbocycles. The summed E-state index contributed by atoms with van der Waals surface area (Å²) < 4.78 is 45.1. The van der Waals surface area contributed by atoms with E-state index < -0.39 is 12.8 Å². The molecule has 1 atom stereocenters. The van der Waals surface area contributed by atoms with Crippen molar-refractivity contribution in [3.05, 3.63) is 30.3 Å². The van der Waals surface area contributed by atoms with E-state index in [1.54, 1.807) is 12.1 Å². The molecule has 0 amide bonds. The molecule has 18 heavy (non-hydrogen) atoms. The van der Waals surface area contributed by atoms with Gasteiger partial charge in [-0.3, -0.25) is 0 Å². The summed E-state index contributed by atoms with van der Waals surface area (Å²) in [5.41, 5.74) is 5.69. The maximum Gasteiger partial charge on any atom is 0.411 e. The van der Waals surface area contributed by atoms with Crippen molar-refractivity contribution in [3.8, 4) is 5.75 Å². The van der Waals surface area contributed by atoms with Crippen molar-refractivity contribution in [3.63, 3.8) is 0 Å². The normalized spacial score (nSPS) is 13.3. The molecule has 0 saturated carbocycles. The highest BCUT2D eigenvalue weighted by Gasteiger charge is 2.27. The minimum Gasteiger partial charge on any atom is -0.492 e. The van der Waals surface area contributed by atoms with E-state index in [0.29, 0.717) is 12.2 Å². The van der Waals surface area contributed by atoms with E-state index in [9.17, 15) is 13.2 Å². The summed E-state index contributed by atoms with van der Waals surface area (Å²) in [6, 6.07) is 8.73. The minimum absolute atomic E-state index is 0.0289. The van der Waals surface area contributed by atoms with Crippen LogP contribution in [0.5, 0.6) is 5.75 Å². The van der Waals surface area contributed by atoms with Crippen LogP contribution in [0.4, 0.5) is 13.2 Å². The topological polar surface area (TPSA) is 44.5 Å². The second kappa shape index (κ2) is 7.23. The van der Waals surface area contributed by atoms with Crippen molar-refractivity contribution in [2.75, 3.05) is 19.8 Å². The van der Waals surface area contributed by atoms with Gasteiger partial charge in [0, 0.05) is 12.6 Å². The molecule has 0 spiro atoms. The molecule has 0 bridgehead atoms. The van der Waals surface area contributed by atoms with Gasteiger partial charge in [0.25, 0.3) is 0 Å². The van der Waals surface area contributed by atoms with Crippen LogP contribution in [0.15, 0.2) is 30.3 Å². The third-order valence-corrected chi connectivity index (χ3v) is 2.11. The van der Waals surface area contributed by atoms with E-state index in [1.165, 1.54) is 0 Å². The molecule has 1 rings (SSSR count). The van der Waals surface area contributed by atoms with Gasteiger partial charge in [-0.2, -0.15) is 13.2 Å². The fraction of sp³-hybridized carbons (Fsp3) is 0.500. The number of alkyl halides is 3. The quantitative estimate of drug-likeness (QED) is 0.768. The van der Waals surface area contributed by atoms with E-state index in [4.69, 9.17) is 10.5 Å². The van der Waals surface area contributed by atoms with E-state index in [2.05, 4.69) is 4.74 Å². The van der Waals surface area contributed by atoms with Gasteiger partial charge in [-0.05, 0) is 18.6 Å². The first kappa shape index (κ1) is 14.8. The maximum absolute atomic E-state index is 11.8. The molecule has 0 saturated heterocycles. The Morgan fingerprint density at radius 3 is 2.44 bits per heavy atom. The number of hydrogen-bond donors (Lipinski definition) is 1. The molecule has 0 fully saturated rings. The summed E-state index contributed by atoms with van der Waals surface area (Å²) in [5.74, 6) is 0.684. The van der Waals surface area contributed by atoms with Crippen molar-refractivity contribution in [2.45, 2.75) is 18.6 Å². The molecule has 0 radical (unpaired) electrons. The maximum atomic E-state index is 11.8. The fourth-order valence-corrected chi connectivity index (χ4v) is 1.23. The highest BCUT2D eigenvalue weighted by molar-refractivity contribution is 5.20. The standard InChI is InChI=1S/C12H16F3NO2/c13-12(14,15)9-17-7-6-10(16)8-18-11-4-2-1-3-5-11/h1-5,10H,6-9,16H2. The Morgan fingerprint density at radius 2 is 1.83 bits per heavy atom. The van der Waals surface area contributed by atoms with E-state index in [0.717, 1.165) is 0 Å². The largest absolute Gasteiger partial charge is 0.492 e. The number of benzene rings is 1. The van der Waals surface area contributed by atoms with Crippen LogP contribution >= 0.6 is 0 Å². The number of halogens is 3. The van der Waals surface area contributed by atoms with E-state index in [1.807, 2.05) is 18.2 Å². The predicted octanol–water partition coefficient (Wildman–Crippen LogP) is 2.36. The molecular weight excluding hydrogens is 247 g/mol. The van der Waals surface area contributed by atoms with Gasteiger partial charge in [-0.1, -0.05) is 18.2 Å². The molecule has 6 heteroatoms. The van der Waals surface area contributed by atoms with Gasteiger partial charge in [0.1, 0.15) is 19.0 Å². The predicted molar refractivity (Wildman–Crippen MR) is 61.4 cm³/mol. The molecule has 0 aliphatic heterocycles. The van der Waals surface area contributed by atoms with Crippen molar-refractivity contribution in [2.24, 2.45) is 5.73 Å². The molecule has 1 unspecified atom stereocenters. The first-order valence-corrected chi connectivity index (χ1v) is 5.55. The molecule has 1 aromatic rings. The SMILES string of the molecule is NC(CCOCC(F)(F)F)COc1ccccc1. The number of para-hydroxylation sites is 1. The third kappa shape index (κ3) is 7.13. The Labute approximate surface area is 104 Å². The van der Waals surface area contributed by atoms with Gasteiger partial charge in [0.05, 0.1) is 0 Å². The van der Waals surface area contributed by atoms with Gasteiger partial charge < -0.3 is 15.2 Å². The second-order valence-corrected chi connectivity index (χ2v) is 3.84. The molecule has 2 N–H and O–H groups in total. The summed E-state index contributed by atoms with van der Waals surface area (Å²) in [7, 11) is 0. The molecule has 0 heterocycles. The molecule has 3 nitrogen and oxygen atoms in total. The first-order chi connectivity index (χ1) is 8.47. The van der Waals surface area contributed by atoms with Crippen LogP contribution < -0.4 is 10.5 Å². The van der Waals surface area contributed by atoms with Crippen LogP contribution in [0, 0.1) is 0 Å². The summed E-state index contributed by atoms with van der Waals surface area (Å²) in [5, 5.41) is 0. The zero-order valence-electron chi connectivity index (χ0n) is 9.82. The Morgan fingerprint density at radius 1 is 1.17 bits per heavy atom. The van der Waals surface area contributed by atoms with Gasteiger partial charge in [-0.25, -0.2) is 0 Å². The average Bonchev–Trinajstić information content (AvgIpc) is 2.32. The number of rotatable bonds is 7. The van der Waals surface area contributed by atoms with Crippen LogP contribution in [-0.4, -0.2) is 32.0 Å². The summed E-state index contributed by atoms with van der Waals surface area (Å²) >= 11 is 0. The van der Waals surface area contributed by atoms with E-state index >= 15 is 0 Å². The molecule has 102 valence electrons. The lowest BCUT2D eigenvalue weighted by Gasteiger charge is -2.13. The molecule has 0 aliphatic carbocycles. The van der Waals surface area contributed by atoms with Crippen LogP contribution in [0.25, 0.3) is 0 Å². The lowest BCUT2D eigenvalue weighted by atomic mass is 10.2. The van der Waals surface area contributed by atoms with Crippen molar-refractivity contribution < 1.29 is 22.6 Å². The van der Waals surface area contributed by atoms with Crippen molar-refractivity contribution >= 4 is 0 Å². The van der Waals surface area contributed by atoms with Crippen molar-refractivity contribution in [1.29, 1.82) is 0 Å². The van der Waals surface area contributed by atoms with Crippen LogP contribution in [0.3, 0.4) is 0 Å².